The number of hydrogen-bond donors (Lipinski definition) is 0. The number of carbonyl (C=O) groups excluding carboxylic acids is 2. The summed E-state index contributed by atoms with van der Waals surface area (Å²) in [4.78, 5) is 37.4. The van der Waals surface area contributed by atoms with E-state index in [9.17, 15) is 14.4 Å². The molecular formula is C28H23ClO7. The van der Waals surface area contributed by atoms with Crippen LogP contribution in [0.15, 0.2) is 75.9 Å². The first kappa shape index (κ1) is 25.0. The Morgan fingerprint density at radius 3 is 2.28 bits per heavy atom. The van der Waals surface area contributed by atoms with Crippen LogP contribution in [0.3, 0.4) is 0 Å². The Balaban J connectivity index is 1.49. The fourth-order valence-electron chi connectivity index (χ4n) is 3.40. The molecule has 0 aliphatic rings. The van der Waals surface area contributed by atoms with E-state index in [1.165, 1.54) is 0 Å². The van der Waals surface area contributed by atoms with Gasteiger partial charge in [-0.3, -0.25) is 9.59 Å². The first-order chi connectivity index (χ1) is 17.4. The number of esters is 1. The minimum atomic E-state index is -0.419. The van der Waals surface area contributed by atoms with Crippen molar-refractivity contribution in [3.63, 3.8) is 0 Å². The fraction of sp³-hybridized carbons (Fsp3) is 0.179. The zero-order chi connectivity index (χ0) is 25.7. The first-order valence-electron chi connectivity index (χ1n) is 11.3. The lowest BCUT2D eigenvalue weighted by molar-refractivity contribution is 0.0505. The largest absolute Gasteiger partial charge is 0.485 e. The van der Waals surface area contributed by atoms with Gasteiger partial charge in [0.2, 0.25) is 11.2 Å². The van der Waals surface area contributed by atoms with Crippen molar-refractivity contribution in [1.29, 1.82) is 0 Å². The standard InChI is InChI=1S/C28H23ClO7/c1-3-14-33-28(32)19-6-10-21(11-7-19)36-27-17(2)35-25-15-22(12-13-23(25)26(27)31)34-16-24(30)18-4-8-20(29)9-5-18/h4-13,15H,3,14,16H2,1-2H3. The molecule has 0 aliphatic carbocycles. The Bertz CT molecular complexity index is 1450. The lowest BCUT2D eigenvalue weighted by atomic mass is 10.1. The van der Waals surface area contributed by atoms with E-state index in [2.05, 4.69) is 0 Å². The van der Waals surface area contributed by atoms with Gasteiger partial charge in [0.15, 0.2) is 12.4 Å². The predicted octanol–water partition coefficient (Wildman–Crippen LogP) is 6.38. The van der Waals surface area contributed by atoms with Gasteiger partial charge in [-0.2, -0.15) is 0 Å². The molecule has 8 heteroatoms. The number of carbonyl (C=O) groups is 2. The van der Waals surface area contributed by atoms with E-state index >= 15 is 0 Å². The lowest BCUT2D eigenvalue weighted by Crippen LogP contribution is -2.12. The van der Waals surface area contributed by atoms with Gasteiger partial charge in [-0.25, -0.2) is 4.79 Å². The molecular weight excluding hydrogens is 484 g/mol. The maximum Gasteiger partial charge on any atom is 0.338 e. The minimum absolute atomic E-state index is 0.0374. The Morgan fingerprint density at radius 2 is 1.58 bits per heavy atom. The second-order valence-electron chi connectivity index (χ2n) is 7.96. The lowest BCUT2D eigenvalue weighted by Gasteiger charge is -2.11. The quantitative estimate of drug-likeness (QED) is 0.192. The summed E-state index contributed by atoms with van der Waals surface area (Å²) < 4.78 is 22.3. The highest BCUT2D eigenvalue weighted by atomic mass is 35.5. The molecule has 0 N–H and O–H groups in total. The maximum absolute atomic E-state index is 13.1. The molecule has 0 radical (unpaired) electrons. The van der Waals surface area contributed by atoms with Crippen LogP contribution in [0.2, 0.25) is 5.02 Å². The summed E-state index contributed by atoms with van der Waals surface area (Å²) in [5, 5.41) is 0.839. The summed E-state index contributed by atoms with van der Waals surface area (Å²) in [7, 11) is 0. The van der Waals surface area contributed by atoms with E-state index < -0.39 is 5.97 Å². The molecule has 7 nitrogen and oxygen atoms in total. The third kappa shape index (κ3) is 5.75. The SMILES string of the molecule is CCCOC(=O)c1ccc(Oc2c(C)oc3cc(OCC(=O)c4ccc(Cl)cc4)ccc3c2=O)cc1. The molecule has 0 fully saturated rings. The molecule has 0 saturated carbocycles. The molecule has 4 rings (SSSR count). The van der Waals surface area contributed by atoms with Crippen molar-refractivity contribution in [1.82, 2.24) is 0 Å². The highest BCUT2D eigenvalue weighted by Crippen LogP contribution is 2.28. The van der Waals surface area contributed by atoms with Gasteiger partial charge in [0.1, 0.15) is 22.8 Å². The first-order valence-corrected chi connectivity index (χ1v) is 11.7. The van der Waals surface area contributed by atoms with Gasteiger partial charge < -0.3 is 18.6 Å². The van der Waals surface area contributed by atoms with Crippen LogP contribution in [0.1, 0.15) is 39.8 Å². The Labute approximate surface area is 212 Å². The third-order valence-electron chi connectivity index (χ3n) is 5.27. The van der Waals surface area contributed by atoms with E-state index in [1.807, 2.05) is 6.92 Å². The van der Waals surface area contributed by atoms with Gasteiger partial charge in [-0.05, 0) is 74.0 Å². The molecule has 4 aromatic rings. The van der Waals surface area contributed by atoms with Gasteiger partial charge in [-0.15, -0.1) is 0 Å². The van der Waals surface area contributed by atoms with Crippen molar-refractivity contribution in [2.24, 2.45) is 0 Å². The number of benzene rings is 3. The highest BCUT2D eigenvalue weighted by Gasteiger charge is 2.16. The summed E-state index contributed by atoms with van der Waals surface area (Å²) in [6.45, 7) is 3.70. The average molecular weight is 507 g/mol. The fourth-order valence-corrected chi connectivity index (χ4v) is 3.53. The van der Waals surface area contributed by atoms with Gasteiger partial charge in [0, 0.05) is 16.7 Å². The van der Waals surface area contributed by atoms with Crippen molar-refractivity contribution in [3.05, 3.63) is 98.9 Å². The average Bonchev–Trinajstić information content (AvgIpc) is 2.89. The second-order valence-corrected chi connectivity index (χ2v) is 8.39. The molecule has 1 heterocycles. The van der Waals surface area contributed by atoms with Crippen LogP contribution < -0.4 is 14.9 Å². The molecule has 0 amide bonds. The summed E-state index contributed by atoms with van der Waals surface area (Å²) in [6.07, 6.45) is 0.735. The minimum Gasteiger partial charge on any atom is -0.485 e. The number of Topliss-reactive ketones (excluding diaryl/α,β-unsaturated/α-hetero) is 1. The molecule has 0 bridgehead atoms. The van der Waals surface area contributed by atoms with Gasteiger partial charge >= 0.3 is 5.97 Å². The van der Waals surface area contributed by atoms with Gasteiger partial charge in [0.25, 0.3) is 0 Å². The monoisotopic (exact) mass is 506 g/mol. The maximum atomic E-state index is 13.1. The smallest absolute Gasteiger partial charge is 0.338 e. The number of halogens is 1. The van der Waals surface area contributed by atoms with Crippen molar-refractivity contribution in [3.8, 4) is 17.2 Å². The van der Waals surface area contributed by atoms with E-state index in [1.54, 1.807) is 73.7 Å². The van der Waals surface area contributed by atoms with E-state index in [4.69, 9.17) is 30.2 Å². The van der Waals surface area contributed by atoms with Crippen LogP contribution in [0.25, 0.3) is 11.0 Å². The molecule has 0 saturated heterocycles. The molecule has 184 valence electrons. The molecule has 0 aliphatic heterocycles. The normalized spacial score (nSPS) is 10.8. The molecule has 0 spiro atoms. The van der Waals surface area contributed by atoms with E-state index in [0.29, 0.717) is 45.2 Å². The zero-order valence-corrected chi connectivity index (χ0v) is 20.5. The Morgan fingerprint density at radius 1 is 0.917 bits per heavy atom. The topological polar surface area (TPSA) is 92.0 Å². The summed E-state index contributed by atoms with van der Waals surface area (Å²) >= 11 is 5.86. The van der Waals surface area contributed by atoms with Crippen LogP contribution in [0, 0.1) is 6.92 Å². The molecule has 0 unspecified atom stereocenters. The van der Waals surface area contributed by atoms with Crippen molar-refractivity contribution < 1.29 is 28.2 Å². The molecule has 0 atom stereocenters. The number of aryl methyl sites for hydroxylation is 1. The number of ketones is 1. The van der Waals surface area contributed by atoms with Crippen LogP contribution in [0.5, 0.6) is 17.2 Å². The van der Waals surface area contributed by atoms with Crippen molar-refractivity contribution in [2.45, 2.75) is 20.3 Å². The van der Waals surface area contributed by atoms with Gasteiger partial charge in [0.05, 0.1) is 17.6 Å². The third-order valence-corrected chi connectivity index (χ3v) is 5.52. The molecule has 3 aromatic carbocycles. The molecule has 36 heavy (non-hydrogen) atoms. The van der Waals surface area contributed by atoms with Crippen LogP contribution in [0.4, 0.5) is 0 Å². The summed E-state index contributed by atoms with van der Waals surface area (Å²) in [5.74, 6) is 0.434. The van der Waals surface area contributed by atoms with E-state index in [0.717, 1.165) is 6.42 Å². The predicted molar refractivity (Wildman–Crippen MR) is 136 cm³/mol. The second kappa shape index (κ2) is 11.1. The number of ether oxygens (including phenoxy) is 3. The van der Waals surface area contributed by atoms with Crippen molar-refractivity contribution in [2.75, 3.05) is 13.2 Å². The number of fused-ring (bicyclic) bond motifs is 1. The van der Waals surface area contributed by atoms with Crippen LogP contribution >= 0.6 is 11.6 Å². The van der Waals surface area contributed by atoms with E-state index in [-0.39, 0.29) is 29.3 Å². The van der Waals surface area contributed by atoms with Crippen LogP contribution in [-0.4, -0.2) is 25.0 Å². The number of hydrogen-bond acceptors (Lipinski definition) is 7. The Hall–Kier alpha value is -4.10. The Kier molecular flexibility index (Phi) is 7.71. The van der Waals surface area contributed by atoms with Crippen molar-refractivity contribution >= 4 is 34.3 Å². The van der Waals surface area contributed by atoms with Gasteiger partial charge in [-0.1, -0.05) is 18.5 Å². The highest BCUT2D eigenvalue weighted by molar-refractivity contribution is 6.30. The number of rotatable bonds is 9. The summed E-state index contributed by atoms with van der Waals surface area (Å²) in [6, 6.07) is 17.5. The summed E-state index contributed by atoms with van der Waals surface area (Å²) in [5.41, 5.74) is 0.815. The molecule has 1 aromatic heterocycles. The van der Waals surface area contributed by atoms with Crippen LogP contribution in [-0.2, 0) is 4.74 Å². The zero-order valence-electron chi connectivity index (χ0n) is 19.7.